The van der Waals surface area contributed by atoms with E-state index in [4.69, 9.17) is 9.47 Å². The van der Waals surface area contributed by atoms with Gasteiger partial charge in [-0.05, 0) is 39.5 Å². The lowest BCUT2D eigenvalue weighted by molar-refractivity contribution is -0.182. The Balaban J connectivity index is 3.01. The van der Waals surface area contributed by atoms with E-state index in [-0.39, 0.29) is 17.5 Å². The number of likely N-dealkylation sites (tertiary alicyclic amines) is 1. The van der Waals surface area contributed by atoms with Gasteiger partial charge in [0.1, 0.15) is 11.2 Å². The maximum absolute atomic E-state index is 12.9. The summed E-state index contributed by atoms with van der Waals surface area (Å²) in [6.07, 6.45) is 3.44. The van der Waals surface area contributed by atoms with Crippen LogP contribution in [0.3, 0.4) is 0 Å². The summed E-state index contributed by atoms with van der Waals surface area (Å²) >= 11 is 0. The molecular formula is C22H41NO4. The summed E-state index contributed by atoms with van der Waals surface area (Å²) < 4.78 is 12.0. The van der Waals surface area contributed by atoms with Crippen LogP contribution in [-0.2, 0) is 14.3 Å². The van der Waals surface area contributed by atoms with Gasteiger partial charge in [0.2, 0.25) is 0 Å². The molecule has 0 spiro atoms. The summed E-state index contributed by atoms with van der Waals surface area (Å²) in [5.74, 6) is -0.194. The Kier molecular flexibility index (Phi) is 7.40. The fourth-order valence-corrected chi connectivity index (χ4v) is 3.46. The lowest BCUT2D eigenvalue weighted by Gasteiger charge is -2.42. The molecule has 0 aliphatic carbocycles. The highest BCUT2D eigenvalue weighted by molar-refractivity contribution is 5.76. The lowest BCUT2D eigenvalue weighted by atomic mass is 9.75. The van der Waals surface area contributed by atoms with E-state index >= 15 is 0 Å². The number of ether oxygens (including phenoxy) is 2. The molecule has 1 unspecified atom stereocenters. The minimum absolute atomic E-state index is 0.194. The molecular weight excluding hydrogens is 342 g/mol. The molecule has 1 amide bonds. The monoisotopic (exact) mass is 383 g/mol. The van der Waals surface area contributed by atoms with Crippen molar-refractivity contribution in [1.29, 1.82) is 0 Å². The zero-order valence-electron chi connectivity index (χ0n) is 19.0. The third-order valence-electron chi connectivity index (χ3n) is 6.82. The molecule has 0 aromatic rings. The third kappa shape index (κ3) is 4.97. The fourth-order valence-electron chi connectivity index (χ4n) is 3.46. The SMILES string of the molecule is CCC(CC)(CC)OC(=O)N1CCC(OC(=O)C(C)(C)CC)(C(C)(C)C)C1. The molecule has 0 N–H and O–H groups in total. The first-order chi connectivity index (χ1) is 12.3. The van der Waals surface area contributed by atoms with Gasteiger partial charge in [0.15, 0.2) is 0 Å². The Morgan fingerprint density at radius 3 is 1.85 bits per heavy atom. The normalized spacial score (nSPS) is 21.3. The van der Waals surface area contributed by atoms with Crippen LogP contribution in [0.4, 0.5) is 4.79 Å². The van der Waals surface area contributed by atoms with E-state index in [0.29, 0.717) is 25.9 Å². The molecule has 0 radical (unpaired) electrons. The molecule has 158 valence electrons. The van der Waals surface area contributed by atoms with Crippen LogP contribution in [0.15, 0.2) is 0 Å². The summed E-state index contributed by atoms with van der Waals surface area (Å²) in [5, 5.41) is 0. The molecule has 1 atom stereocenters. The van der Waals surface area contributed by atoms with Crippen molar-refractivity contribution in [3.05, 3.63) is 0 Å². The van der Waals surface area contributed by atoms with Crippen LogP contribution in [0.25, 0.3) is 0 Å². The van der Waals surface area contributed by atoms with E-state index < -0.39 is 16.6 Å². The second-order valence-electron chi connectivity index (χ2n) is 9.65. The zero-order chi connectivity index (χ0) is 21.1. The first-order valence-electron chi connectivity index (χ1n) is 10.5. The number of esters is 1. The Hall–Kier alpha value is -1.26. The Morgan fingerprint density at radius 1 is 0.926 bits per heavy atom. The van der Waals surface area contributed by atoms with Crippen molar-refractivity contribution in [3.8, 4) is 0 Å². The third-order valence-corrected chi connectivity index (χ3v) is 6.82. The van der Waals surface area contributed by atoms with E-state index in [1.165, 1.54) is 0 Å². The Morgan fingerprint density at radius 2 is 1.44 bits per heavy atom. The van der Waals surface area contributed by atoms with Gasteiger partial charge in [0.05, 0.1) is 12.0 Å². The predicted molar refractivity (Wildman–Crippen MR) is 109 cm³/mol. The van der Waals surface area contributed by atoms with Crippen LogP contribution in [0.2, 0.25) is 0 Å². The first-order valence-corrected chi connectivity index (χ1v) is 10.5. The van der Waals surface area contributed by atoms with Gasteiger partial charge in [0.25, 0.3) is 0 Å². The van der Waals surface area contributed by atoms with Crippen LogP contribution in [0.1, 0.15) is 94.4 Å². The molecule has 1 aliphatic heterocycles. The van der Waals surface area contributed by atoms with Crippen molar-refractivity contribution >= 4 is 12.1 Å². The lowest BCUT2D eigenvalue weighted by Crippen LogP contribution is -2.51. The highest BCUT2D eigenvalue weighted by Crippen LogP contribution is 2.43. The number of carbonyl (C=O) groups excluding carboxylic acids is 2. The standard InChI is InChI=1S/C22H41NO4/c1-10-20(8,9)17(24)26-22(19(5,6)7)14-15-23(16-22)18(25)27-21(11-2,12-3)13-4/h10-16H2,1-9H3. The molecule has 0 saturated carbocycles. The molecule has 1 rings (SSSR count). The molecule has 27 heavy (non-hydrogen) atoms. The maximum atomic E-state index is 12.9. The molecule has 5 nitrogen and oxygen atoms in total. The van der Waals surface area contributed by atoms with Gasteiger partial charge in [-0.25, -0.2) is 4.79 Å². The largest absolute Gasteiger partial charge is 0.456 e. The smallest absolute Gasteiger partial charge is 0.410 e. The second kappa shape index (κ2) is 8.40. The van der Waals surface area contributed by atoms with Crippen LogP contribution >= 0.6 is 0 Å². The molecule has 1 aliphatic rings. The summed E-state index contributed by atoms with van der Waals surface area (Å²) in [6.45, 7) is 19.1. The summed E-state index contributed by atoms with van der Waals surface area (Å²) in [4.78, 5) is 27.4. The topological polar surface area (TPSA) is 55.8 Å². The Bertz CT molecular complexity index is 523. The number of nitrogens with zero attached hydrogens (tertiary/aromatic N) is 1. The number of rotatable bonds is 7. The summed E-state index contributed by atoms with van der Waals surface area (Å²) in [5.41, 5.74) is -1.92. The average molecular weight is 384 g/mol. The molecule has 0 aromatic carbocycles. The van der Waals surface area contributed by atoms with Crippen molar-refractivity contribution in [3.63, 3.8) is 0 Å². The van der Waals surface area contributed by atoms with Crippen LogP contribution in [0.5, 0.6) is 0 Å². The highest BCUT2D eigenvalue weighted by Gasteiger charge is 2.53. The van der Waals surface area contributed by atoms with E-state index in [1.807, 2.05) is 20.8 Å². The number of carbonyl (C=O) groups is 2. The maximum Gasteiger partial charge on any atom is 0.410 e. The van der Waals surface area contributed by atoms with Crippen LogP contribution in [-0.4, -0.2) is 41.3 Å². The van der Waals surface area contributed by atoms with Crippen molar-refractivity contribution in [2.75, 3.05) is 13.1 Å². The molecule has 5 heteroatoms. The van der Waals surface area contributed by atoms with Crippen molar-refractivity contribution in [2.45, 2.75) is 106 Å². The average Bonchev–Trinajstić information content (AvgIpc) is 3.05. The van der Waals surface area contributed by atoms with Crippen molar-refractivity contribution in [1.82, 2.24) is 4.90 Å². The fraction of sp³-hybridized carbons (Fsp3) is 0.909. The molecule has 0 bridgehead atoms. The quantitative estimate of drug-likeness (QED) is 0.540. The van der Waals surface area contributed by atoms with Crippen molar-refractivity contribution in [2.24, 2.45) is 10.8 Å². The predicted octanol–water partition coefficient (Wildman–Crippen LogP) is 5.56. The minimum atomic E-state index is -0.692. The highest BCUT2D eigenvalue weighted by atomic mass is 16.6. The molecule has 1 fully saturated rings. The summed E-state index contributed by atoms with van der Waals surface area (Å²) in [6, 6.07) is 0. The van der Waals surface area contributed by atoms with Gasteiger partial charge in [-0.3, -0.25) is 4.79 Å². The van der Waals surface area contributed by atoms with Crippen LogP contribution < -0.4 is 0 Å². The number of hydrogen-bond acceptors (Lipinski definition) is 4. The second-order valence-corrected chi connectivity index (χ2v) is 9.65. The number of hydrogen-bond donors (Lipinski definition) is 0. The van der Waals surface area contributed by atoms with Crippen molar-refractivity contribution < 1.29 is 19.1 Å². The van der Waals surface area contributed by atoms with E-state index in [1.54, 1.807) is 4.90 Å². The zero-order valence-corrected chi connectivity index (χ0v) is 19.0. The molecule has 1 heterocycles. The number of amides is 1. The van der Waals surface area contributed by atoms with Gasteiger partial charge in [-0.1, -0.05) is 48.5 Å². The van der Waals surface area contributed by atoms with E-state index in [0.717, 1.165) is 19.3 Å². The van der Waals surface area contributed by atoms with Crippen LogP contribution in [0, 0.1) is 10.8 Å². The van der Waals surface area contributed by atoms with Gasteiger partial charge < -0.3 is 14.4 Å². The summed E-state index contributed by atoms with van der Waals surface area (Å²) in [7, 11) is 0. The minimum Gasteiger partial charge on any atom is -0.456 e. The molecule has 1 saturated heterocycles. The van der Waals surface area contributed by atoms with Gasteiger partial charge >= 0.3 is 12.1 Å². The Labute approximate surface area is 166 Å². The van der Waals surface area contributed by atoms with E-state index in [9.17, 15) is 9.59 Å². The van der Waals surface area contributed by atoms with Gasteiger partial charge in [-0.15, -0.1) is 0 Å². The molecule has 0 aromatic heterocycles. The first kappa shape index (κ1) is 23.8. The van der Waals surface area contributed by atoms with Gasteiger partial charge in [0, 0.05) is 18.4 Å². The van der Waals surface area contributed by atoms with E-state index in [2.05, 4.69) is 41.5 Å². The van der Waals surface area contributed by atoms with Gasteiger partial charge in [-0.2, -0.15) is 0 Å².